The molecular formula is C53H90O12S. The zero-order chi connectivity index (χ0) is 48.4. The maximum Gasteiger partial charge on any atom is 0.306 e. The summed E-state index contributed by atoms with van der Waals surface area (Å²) in [6.45, 7) is 3.62. The van der Waals surface area contributed by atoms with Gasteiger partial charge >= 0.3 is 11.9 Å². The molecule has 1 aliphatic heterocycles. The van der Waals surface area contributed by atoms with Gasteiger partial charge in [-0.1, -0.05) is 170 Å². The summed E-state index contributed by atoms with van der Waals surface area (Å²) in [5, 5.41) is 31.0. The SMILES string of the molecule is CC/C=C\C/C=C\C/C=C\C/C=C\CCCCCCCCCCCCC(=O)OC(COC(=O)CCCCCCC/C=C\C/C=C\CCCCC)COC1OC(CS(=O)(=O)O)C(O)C(O)C1O. The minimum absolute atomic E-state index is 0.152. The molecule has 4 N–H and O–H groups in total. The molecular weight excluding hydrogens is 861 g/mol. The van der Waals surface area contributed by atoms with Crippen molar-refractivity contribution in [3.05, 3.63) is 72.9 Å². The van der Waals surface area contributed by atoms with Crippen molar-refractivity contribution in [3.8, 4) is 0 Å². The summed E-state index contributed by atoms with van der Waals surface area (Å²) in [6, 6.07) is 0. The van der Waals surface area contributed by atoms with Crippen LogP contribution in [0.2, 0.25) is 0 Å². The van der Waals surface area contributed by atoms with Crippen molar-refractivity contribution in [3.63, 3.8) is 0 Å². The number of carbonyl (C=O) groups excluding carboxylic acids is 2. The maximum atomic E-state index is 12.9. The maximum absolute atomic E-state index is 12.9. The Morgan fingerprint density at radius 1 is 0.530 bits per heavy atom. The highest BCUT2D eigenvalue weighted by Gasteiger charge is 2.46. The third-order valence-electron chi connectivity index (χ3n) is 11.3. The van der Waals surface area contributed by atoms with Crippen LogP contribution in [0.25, 0.3) is 0 Å². The minimum Gasteiger partial charge on any atom is -0.462 e. The van der Waals surface area contributed by atoms with Crippen LogP contribution in [-0.2, 0) is 38.7 Å². The van der Waals surface area contributed by atoms with Crippen LogP contribution >= 0.6 is 0 Å². The molecule has 66 heavy (non-hydrogen) atoms. The van der Waals surface area contributed by atoms with E-state index in [-0.39, 0.29) is 19.4 Å². The Balaban J connectivity index is 2.38. The standard InChI is InChI=1S/C53H90O12S/c1-3-5-7-9-11-13-15-17-19-20-21-22-23-24-25-26-28-30-32-34-36-38-40-42-49(55)64-46(44-63-53-52(58)51(57)50(56)47(65-53)45-66(59,60)61)43-62-48(54)41-39-37-35-33-31-29-27-18-16-14-12-10-8-6-4-2/h5,7,11-14,17-19,21-22,27,46-47,50-53,56-58H,3-4,6,8-10,15-16,20,23-26,28-45H2,1-2H3,(H,59,60,61)/b7-5-,13-11-,14-12-,19-17-,22-21-,27-18-. The lowest BCUT2D eigenvalue weighted by Crippen LogP contribution is -2.60. The Morgan fingerprint density at radius 2 is 0.955 bits per heavy atom. The number of hydrogen-bond donors (Lipinski definition) is 4. The van der Waals surface area contributed by atoms with Crippen molar-refractivity contribution >= 4 is 22.1 Å². The number of esters is 2. The van der Waals surface area contributed by atoms with E-state index in [1.54, 1.807) is 0 Å². The van der Waals surface area contributed by atoms with Gasteiger partial charge in [0.1, 0.15) is 36.8 Å². The first kappa shape index (κ1) is 61.1. The number of unbranched alkanes of at least 4 members (excludes halogenated alkanes) is 18. The molecule has 0 aromatic rings. The molecule has 0 aromatic carbocycles. The molecule has 380 valence electrons. The lowest BCUT2D eigenvalue weighted by Gasteiger charge is -2.40. The summed E-state index contributed by atoms with van der Waals surface area (Å²) in [4.78, 5) is 25.5. The highest BCUT2D eigenvalue weighted by Crippen LogP contribution is 2.24. The van der Waals surface area contributed by atoms with E-state index in [4.69, 9.17) is 18.9 Å². The van der Waals surface area contributed by atoms with Gasteiger partial charge in [-0.25, -0.2) is 0 Å². The molecule has 1 rings (SSSR count). The fourth-order valence-corrected chi connectivity index (χ4v) is 8.04. The predicted molar refractivity (Wildman–Crippen MR) is 265 cm³/mol. The van der Waals surface area contributed by atoms with Gasteiger partial charge in [0, 0.05) is 12.8 Å². The van der Waals surface area contributed by atoms with Crippen molar-refractivity contribution in [2.75, 3.05) is 19.0 Å². The van der Waals surface area contributed by atoms with Gasteiger partial charge in [-0.05, 0) is 83.5 Å². The fraction of sp³-hybridized carbons (Fsp3) is 0.736. The summed E-state index contributed by atoms with van der Waals surface area (Å²) in [6.07, 6.45) is 45.1. The van der Waals surface area contributed by atoms with Gasteiger partial charge in [-0.2, -0.15) is 8.42 Å². The van der Waals surface area contributed by atoms with Crippen LogP contribution in [0.3, 0.4) is 0 Å². The Kier molecular flexibility index (Phi) is 39.1. The molecule has 0 aliphatic carbocycles. The molecule has 0 aromatic heterocycles. The highest BCUT2D eigenvalue weighted by atomic mass is 32.2. The second-order valence-corrected chi connectivity index (χ2v) is 18.9. The Labute approximate surface area is 399 Å². The summed E-state index contributed by atoms with van der Waals surface area (Å²) < 4.78 is 54.2. The normalized spacial score (nSPS) is 20.0. The second-order valence-electron chi connectivity index (χ2n) is 17.4. The number of hydrogen-bond acceptors (Lipinski definition) is 11. The minimum atomic E-state index is -4.61. The summed E-state index contributed by atoms with van der Waals surface area (Å²) in [5.41, 5.74) is 0. The van der Waals surface area contributed by atoms with Crippen LogP contribution < -0.4 is 0 Å². The van der Waals surface area contributed by atoms with Crippen LogP contribution in [0.5, 0.6) is 0 Å². The first-order valence-corrected chi connectivity index (χ1v) is 27.1. The van der Waals surface area contributed by atoms with Gasteiger partial charge in [0.15, 0.2) is 12.4 Å². The van der Waals surface area contributed by atoms with Crippen molar-refractivity contribution in [2.45, 2.75) is 230 Å². The number of carbonyl (C=O) groups is 2. The van der Waals surface area contributed by atoms with Gasteiger partial charge in [-0.3, -0.25) is 14.1 Å². The molecule has 6 atom stereocenters. The molecule has 0 spiro atoms. The van der Waals surface area contributed by atoms with E-state index in [2.05, 4.69) is 86.8 Å². The molecule has 6 unspecified atom stereocenters. The zero-order valence-corrected chi connectivity index (χ0v) is 41.6. The molecule has 0 bridgehead atoms. The number of aliphatic hydroxyl groups is 3. The lowest BCUT2D eigenvalue weighted by atomic mass is 10.00. The Morgan fingerprint density at radius 3 is 1.42 bits per heavy atom. The zero-order valence-electron chi connectivity index (χ0n) is 40.8. The van der Waals surface area contributed by atoms with E-state index in [1.165, 1.54) is 51.4 Å². The van der Waals surface area contributed by atoms with Gasteiger partial charge in [0.05, 0.1) is 6.61 Å². The number of allylic oxidation sites excluding steroid dienone is 12. The first-order chi connectivity index (χ1) is 32.0. The second kappa shape index (κ2) is 42.2. The third kappa shape index (κ3) is 36.2. The lowest BCUT2D eigenvalue weighted by molar-refractivity contribution is -0.297. The van der Waals surface area contributed by atoms with E-state index >= 15 is 0 Å². The molecule has 13 heteroatoms. The van der Waals surface area contributed by atoms with Crippen LogP contribution in [0, 0.1) is 0 Å². The van der Waals surface area contributed by atoms with Crippen molar-refractivity contribution in [1.29, 1.82) is 0 Å². The smallest absolute Gasteiger partial charge is 0.306 e. The molecule has 1 fully saturated rings. The predicted octanol–water partition coefficient (Wildman–Crippen LogP) is 11.5. The number of aliphatic hydroxyl groups excluding tert-OH is 3. The molecule has 0 amide bonds. The Hall–Kier alpha value is -2.91. The van der Waals surface area contributed by atoms with Crippen LogP contribution in [-0.4, -0.2) is 96.0 Å². The fourth-order valence-electron chi connectivity index (χ4n) is 7.34. The van der Waals surface area contributed by atoms with Gasteiger partial charge in [0.2, 0.25) is 0 Å². The molecule has 0 radical (unpaired) electrons. The molecule has 1 aliphatic rings. The monoisotopic (exact) mass is 951 g/mol. The van der Waals surface area contributed by atoms with Gasteiger partial charge in [0.25, 0.3) is 10.1 Å². The van der Waals surface area contributed by atoms with E-state index in [0.29, 0.717) is 12.8 Å². The van der Waals surface area contributed by atoms with Gasteiger partial charge < -0.3 is 34.3 Å². The average molecular weight is 951 g/mol. The van der Waals surface area contributed by atoms with Crippen molar-refractivity contribution < 1.29 is 56.8 Å². The van der Waals surface area contributed by atoms with Crippen LogP contribution in [0.1, 0.15) is 194 Å². The van der Waals surface area contributed by atoms with Crippen molar-refractivity contribution in [1.82, 2.24) is 0 Å². The number of ether oxygens (including phenoxy) is 4. The molecule has 1 saturated heterocycles. The quantitative estimate of drug-likeness (QED) is 0.0197. The summed E-state index contributed by atoms with van der Waals surface area (Å²) in [5.74, 6) is -2.01. The van der Waals surface area contributed by atoms with Crippen molar-refractivity contribution in [2.24, 2.45) is 0 Å². The first-order valence-electron chi connectivity index (χ1n) is 25.5. The molecule has 1 heterocycles. The molecule has 12 nitrogen and oxygen atoms in total. The summed E-state index contributed by atoms with van der Waals surface area (Å²) >= 11 is 0. The molecule has 0 saturated carbocycles. The summed E-state index contributed by atoms with van der Waals surface area (Å²) in [7, 11) is -4.61. The Bertz CT molecular complexity index is 1490. The topological polar surface area (TPSA) is 186 Å². The largest absolute Gasteiger partial charge is 0.462 e. The average Bonchev–Trinajstić information content (AvgIpc) is 3.28. The highest BCUT2D eigenvalue weighted by molar-refractivity contribution is 7.85. The van der Waals surface area contributed by atoms with E-state index in [9.17, 15) is 37.9 Å². The third-order valence-corrected chi connectivity index (χ3v) is 12.0. The van der Waals surface area contributed by atoms with E-state index in [0.717, 1.165) is 103 Å². The number of rotatable bonds is 42. The van der Waals surface area contributed by atoms with Crippen LogP contribution in [0.15, 0.2) is 72.9 Å². The van der Waals surface area contributed by atoms with Crippen LogP contribution in [0.4, 0.5) is 0 Å². The van der Waals surface area contributed by atoms with E-state index < -0.39 is 71.2 Å². The van der Waals surface area contributed by atoms with Gasteiger partial charge in [-0.15, -0.1) is 0 Å². The van der Waals surface area contributed by atoms with E-state index in [1.807, 2.05) is 0 Å².